The van der Waals surface area contributed by atoms with Crippen LogP contribution in [0, 0.1) is 0 Å². The third kappa shape index (κ3) is 3.21. The van der Waals surface area contributed by atoms with E-state index < -0.39 is 5.91 Å². The van der Waals surface area contributed by atoms with Gasteiger partial charge in [0.25, 0.3) is 0 Å². The minimum Gasteiger partial charge on any atom is -0.487 e. The molecule has 0 aliphatic rings. The molecule has 0 bridgehead atoms. The standard InChI is InChI=1S/C13H11ClN2O2/c14-12-3-1-2-10(16-12)8-18-11-6-4-9(5-7-11)13(15)17/h1-7H,8H2,(H2,15,17). The largest absolute Gasteiger partial charge is 0.487 e. The van der Waals surface area contributed by atoms with Crippen molar-refractivity contribution in [3.63, 3.8) is 0 Å². The Morgan fingerprint density at radius 3 is 2.56 bits per heavy atom. The van der Waals surface area contributed by atoms with Crippen molar-refractivity contribution in [2.24, 2.45) is 5.73 Å². The Morgan fingerprint density at radius 2 is 1.94 bits per heavy atom. The Kier molecular flexibility index (Phi) is 3.79. The lowest BCUT2D eigenvalue weighted by Crippen LogP contribution is -2.10. The topological polar surface area (TPSA) is 65.2 Å². The second kappa shape index (κ2) is 5.51. The van der Waals surface area contributed by atoms with Crippen LogP contribution in [-0.2, 0) is 6.61 Å². The highest BCUT2D eigenvalue weighted by Gasteiger charge is 2.01. The number of aromatic nitrogens is 1. The highest BCUT2D eigenvalue weighted by molar-refractivity contribution is 6.29. The normalized spacial score (nSPS) is 10.1. The Bertz CT molecular complexity index is 555. The van der Waals surface area contributed by atoms with Gasteiger partial charge in [-0.3, -0.25) is 4.79 Å². The molecule has 92 valence electrons. The fourth-order valence-electron chi connectivity index (χ4n) is 1.40. The summed E-state index contributed by atoms with van der Waals surface area (Å²) in [5, 5.41) is 0.431. The number of carbonyl (C=O) groups is 1. The van der Waals surface area contributed by atoms with Gasteiger partial charge in [-0.2, -0.15) is 0 Å². The molecule has 1 aromatic carbocycles. The van der Waals surface area contributed by atoms with Crippen molar-refractivity contribution < 1.29 is 9.53 Å². The van der Waals surface area contributed by atoms with Crippen LogP contribution in [0.25, 0.3) is 0 Å². The molecular weight excluding hydrogens is 252 g/mol. The molecule has 0 saturated carbocycles. The zero-order valence-corrected chi connectivity index (χ0v) is 10.2. The molecule has 2 rings (SSSR count). The number of benzene rings is 1. The lowest BCUT2D eigenvalue weighted by Gasteiger charge is -2.06. The number of hydrogen-bond donors (Lipinski definition) is 1. The molecule has 0 radical (unpaired) electrons. The zero-order valence-electron chi connectivity index (χ0n) is 9.47. The first-order chi connectivity index (χ1) is 8.65. The highest BCUT2D eigenvalue weighted by Crippen LogP contribution is 2.14. The molecule has 0 aliphatic carbocycles. The molecule has 0 saturated heterocycles. The smallest absolute Gasteiger partial charge is 0.248 e. The van der Waals surface area contributed by atoms with E-state index in [1.54, 1.807) is 30.3 Å². The number of pyridine rings is 1. The molecule has 4 nitrogen and oxygen atoms in total. The summed E-state index contributed by atoms with van der Waals surface area (Å²) in [6.45, 7) is 0.316. The number of primary amides is 1. The average molecular weight is 263 g/mol. The Balaban J connectivity index is 2.00. The Hall–Kier alpha value is -2.07. The number of carbonyl (C=O) groups excluding carboxylic acids is 1. The number of nitrogens with zero attached hydrogens (tertiary/aromatic N) is 1. The predicted octanol–water partition coefficient (Wildman–Crippen LogP) is 2.41. The second-order valence-electron chi connectivity index (χ2n) is 3.63. The molecule has 1 aromatic heterocycles. The van der Waals surface area contributed by atoms with Crippen molar-refractivity contribution in [2.75, 3.05) is 0 Å². The summed E-state index contributed by atoms with van der Waals surface area (Å²) >= 11 is 5.76. The Labute approximate surface area is 109 Å². The van der Waals surface area contributed by atoms with Crippen LogP contribution in [0.4, 0.5) is 0 Å². The summed E-state index contributed by atoms with van der Waals surface area (Å²) < 4.78 is 5.51. The zero-order chi connectivity index (χ0) is 13.0. The van der Waals surface area contributed by atoms with Gasteiger partial charge in [-0.05, 0) is 36.4 Å². The first-order valence-corrected chi connectivity index (χ1v) is 5.67. The molecule has 5 heteroatoms. The van der Waals surface area contributed by atoms with Gasteiger partial charge in [-0.25, -0.2) is 4.98 Å². The van der Waals surface area contributed by atoms with Crippen LogP contribution >= 0.6 is 11.6 Å². The molecule has 0 aliphatic heterocycles. The van der Waals surface area contributed by atoms with Gasteiger partial charge in [-0.1, -0.05) is 17.7 Å². The van der Waals surface area contributed by atoms with Crippen molar-refractivity contribution in [3.8, 4) is 5.75 Å². The summed E-state index contributed by atoms with van der Waals surface area (Å²) in [4.78, 5) is 15.0. The summed E-state index contributed by atoms with van der Waals surface area (Å²) in [5.74, 6) is 0.180. The average Bonchev–Trinajstić information content (AvgIpc) is 2.37. The maximum atomic E-state index is 10.9. The Morgan fingerprint density at radius 1 is 1.22 bits per heavy atom. The van der Waals surface area contributed by atoms with Gasteiger partial charge >= 0.3 is 0 Å². The van der Waals surface area contributed by atoms with Gasteiger partial charge in [0, 0.05) is 5.56 Å². The lowest BCUT2D eigenvalue weighted by atomic mass is 10.2. The fraction of sp³-hybridized carbons (Fsp3) is 0.0769. The molecule has 2 N–H and O–H groups in total. The predicted molar refractivity (Wildman–Crippen MR) is 68.5 cm³/mol. The minimum atomic E-state index is -0.460. The van der Waals surface area contributed by atoms with E-state index in [1.807, 2.05) is 12.1 Å². The third-order valence-electron chi connectivity index (χ3n) is 2.30. The first-order valence-electron chi connectivity index (χ1n) is 5.29. The van der Waals surface area contributed by atoms with Crippen LogP contribution in [0.5, 0.6) is 5.75 Å². The van der Waals surface area contributed by atoms with Crippen LogP contribution in [0.3, 0.4) is 0 Å². The van der Waals surface area contributed by atoms with Gasteiger partial charge < -0.3 is 10.5 Å². The van der Waals surface area contributed by atoms with E-state index >= 15 is 0 Å². The van der Waals surface area contributed by atoms with Crippen LogP contribution in [0.2, 0.25) is 5.15 Å². The van der Waals surface area contributed by atoms with Gasteiger partial charge in [0.05, 0.1) is 5.69 Å². The van der Waals surface area contributed by atoms with Crippen molar-refractivity contribution >= 4 is 17.5 Å². The number of hydrogen-bond acceptors (Lipinski definition) is 3. The van der Waals surface area contributed by atoms with Crippen molar-refractivity contribution in [3.05, 3.63) is 58.9 Å². The van der Waals surface area contributed by atoms with E-state index in [9.17, 15) is 4.79 Å². The van der Waals surface area contributed by atoms with E-state index in [-0.39, 0.29) is 0 Å². The van der Waals surface area contributed by atoms with Gasteiger partial charge in [0.2, 0.25) is 5.91 Å². The van der Waals surface area contributed by atoms with E-state index in [2.05, 4.69) is 4.98 Å². The highest BCUT2D eigenvalue weighted by atomic mass is 35.5. The number of amides is 1. The quantitative estimate of drug-likeness (QED) is 0.861. The molecule has 1 heterocycles. The second-order valence-corrected chi connectivity index (χ2v) is 4.02. The van der Waals surface area contributed by atoms with E-state index in [1.165, 1.54) is 0 Å². The third-order valence-corrected chi connectivity index (χ3v) is 2.51. The lowest BCUT2D eigenvalue weighted by molar-refractivity contribution is 0.100. The monoisotopic (exact) mass is 262 g/mol. The van der Waals surface area contributed by atoms with Gasteiger partial charge in [0.15, 0.2) is 0 Å². The molecule has 2 aromatic rings. The van der Waals surface area contributed by atoms with Crippen molar-refractivity contribution in [1.82, 2.24) is 4.98 Å². The fourth-order valence-corrected chi connectivity index (χ4v) is 1.58. The van der Waals surface area contributed by atoms with Crippen molar-refractivity contribution in [2.45, 2.75) is 6.61 Å². The summed E-state index contributed by atoms with van der Waals surface area (Å²) in [6, 6.07) is 11.9. The number of halogens is 1. The molecule has 0 spiro atoms. The number of ether oxygens (including phenoxy) is 1. The van der Waals surface area contributed by atoms with Gasteiger partial charge in [-0.15, -0.1) is 0 Å². The number of rotatable bonds is 4. The maximum absolute atomic E-state index is 10.9. The minimum absolute atomic E-state index is 0.316. The van der Waals surface area contributed by atoms with Crippen LogP contribution in [0.1, 0.15) is 16.1 Å². The van der Waals surface area contributed by atoms with E-state index in [0.29, 0.717) is 23.1 Å². The molecule has 0 unspecified atom stereocenters. The molecule has 18 heavy (non-hydrogen) atoms. The van der Waals surface area contributed by atoms with Crippen LogP contribution in [0.15, 0.2) is 42.5 Å². The summed E-state index contributed by atoms with van der Waals surface area (Å²) in [5.41, 5.74) is 6.33. The first kappa shape index (κ1) is 12.4. The summed E-state index contributed by atoms with van der Waals surface area (Å²) in [6.07, 6.45) is 0. The van der Waals surface area contributed by atoms with Crippen LogP contribution in [-0.4, -0.2) is 10.9 Å². The van der Waals surface area contributed by atoms with E-state index in [4.69, 9.17) is 22.1 Å². The van der Waals surface area contributed by atoms with Crippen molar-refractivity contribution in [1.29, 1.82) is 0 Å². The summed E-state index contributed by atoms with van der Waals surface area (Å²) in [7, 11) is 0. The SMILES string of the molecule is NC(=O)c1ccc(OCc2cccc(Cl)n2)cc1. The maximum Gasteiger partial charge on any atom is 0.248 e. The number of nitrogens with two attached hydrogens (primary N) is 1. The molecular formula is C13H11ClN2O2. The van der Waals surface area contributed by atoms with E-state index in [0.717, 1.165) is 5.69 Å². The molecule has 0 fully saturated rings. The molecule has 1 amide bonds. The van der Waals surface area contributed by atoms with Crippen LogP contribution < -0.4 is 10.5 Å². The van der Waals surface area contributed by atoms with Gasteiger partial charge in [0.1, 0.15) is 17.5 Å². The molecule has 0 atom stereocenters.